The summed E-state index contributed by atoms with van der Waals surface area (Å²) in [5.74, 6) is 1.57. The molecule has 1 aromatic rings. The second-order valence-electron chi connectivity index (χ2n) is 7.43. The fraction of sp³-hybridized carbons (Fsp3) is 0.667. The standard InChI is InChI=1S/C21H36N4O3/c1-4-11-28-19-8-6-7-18(14-19)15-23-20(22-5-2)24-16-21(3,26)17-25-9-12-27-13-10-25/h6-8,14,26H,4-5,9-13,15-17H2,1-3H3,(H2,22,23,24). The van der Waals surface area contributed by atoms with E-state index in [1.807, 2.05) is 38.1 Å². The van der Waals surface area contributed by atoms with Crippen LogP contribution in [0.25, 0.3) is 0 Å². The van der Waals surface area contributed by atoms with E-state index in [0.29, 0.717) is 25.6 Å². The molecule has 0 aliphatic carbocycles. The van der Waals surface area contributed by atoms with Gasteiger partial charge >= 0.3 is 0 Å². The van der Waals surface area contributed by atoms with Gasteiger partial charge in [0.1, 0.15) is 5.75 Å². The van der Waals surface area contributed by atoms with Crippen LogP contribution in [0, 0.1) is 0 Å². The summed E-state index contributed by atoms with van der Waals surface area (Å²) in [5, 5.41) is 17.3. The highest BCUT2D eigenvalue weighted by Crippen LogP contribution is 2.14. The van der Waals surface area contributed by atoms with Crippen molar-refractivity contribution in [3.05, 3.63) is 29.8 Å². The summed E-state index contributed by atoms with van der Waals surface area (Å²) in [4.78, 5) is 6.88. The van der Waals surface area contributed by atoms with E-state index in [9.17, 15) is 5.11 Å². The van der Waals surface area contributed by atoms with Crippen molar-refractivity contribution >= 4 is 5.96 Å². The molecule has 1 atom stereocenters. The quantitative estimate of drug-likeness (QED) is 0.415. The lowest BCUT2D eigenvalue weighted by Gasteiger charge is -2.34. The van der Waals surface area contributed by atoms with Crippen LogP contribution in [0.4, 0.5) is 0 Å². The zero-order valence-corrected chi connectivity index (χ0v) is 17.5. The van der Waals surface area contributed by atoms with E-state index in [-0.39, 0.29) is 0 Å². The molecular weight excluding hydrogens is 356 g/mol. The van der Waals surface area contributed by atoms with Gasteiger partial charge in [0.2, 0.25) is 0 Å². The minimum Gasteiger partial charge on any atom is -0.494 e. The number of ether oxygens (including phenoxy) is 2. The number of nitrogens with one attached hydrogen (secondary N) is 2. The van der Waals surface area contributed by atoms with E-state index in [1.165, 1.54) is 0 Å². The van der Waals surface area contributed by atoms with Crippen LogP contribution in [0.3, 0.4) is 0 Å². The minimum absolute atomic E-state index is 0.426. The molecule has 0 bridgehead atoms. The van der Waals surface area contributed by atoms with Gasteiger partial charge < -0.3 is 25.2 Å². The molecule has 1 unspecified atom stereocenters. The normalized spacial score (nSPS) is 17.8. The topological polar surface area (TPSA) is 78.3 Å². The first-order chi connectivity index (χ1) is 13.5. The molecule has 0 saturated carbocycles. The molecule has 0 aromatic heterocycles. The summed E-state index contributed by atoms with van der Waals surface area (Å²) in [5.41, 5.74) is 0.243. The molecule has 0 spiro atoms. The fourth-order valence-electron chi connectivity index (χ4n) is 3.04. The minimum atomic E-state index is -0.846. The smallest absolute Gasteiger partial charge is 0.191 e. The number of hydrogen-bond acceptors (Lipinski definition) is 5. The van der Waals surface area contributed by atoms with Crippen LogP contribution in [0.5, 0.6) is 5.75 Å². The molecule has 158 valence electrons. The lowest BCUT2D eigenvalue weighted by atomic mass is 10.1. The van der Waals surface area contributed by atoms with Gasteiger partial charge in [-0.3, -0.25) is 4.90 Å². The summed E-state index contributed by atoms with van der Waals surface area (Å²) in [6.07, 6.45) is 0.987. The SMILES string of the molecule is CCCOc1cccc(CN=C(NCC)NCC(C)(O)CN2CCOCC2)c1. The van der Waals surface area contributed by atoms with Gasteiger partial charge in [-0.1, -0.05) is 19.1 Å². The van der Waals surface area contributed by atoms with E-state index in [0.717, 1.165) is 57.2 Å². The van der Waals surface area contributed by atoms with Gasteiger partial charge in [0.25, 0.3) is 0 Å². The van der Waals surface area contributed by atoms with Gasteiger partial charge in [-0.05, 0) is 38.0 Å². The predicted octanol–water partition coefficient (Wildman–Crippen LogP) is 1.61. The molecule has 1 fully saturated rings. The lowest BCUT2D eigenvalue weighted by molar-refractivity contribution is -0.0201. The van der Waals surface area contributed by atoms with Crippen molar-refractivity contribution in [2.24, 2.45) is 4.99 Å². The van der Waals surface area contributed by atoms with Crippen LogP contribution in [-0.4, -0.2) is 74.1 Å². The zero-order valence-electron chi connectivity index (χ0n) is 17.5. The first-order valence-corrected chi connectivity index (χ1v) is 10.3. The first kappa shape index (κ1) is 22.5. The average molecular weight is 393 g/mol. The van der Waals surface area contributed by atoms with Crippen LogP contribution in [0.1, 0.15) is 32.8 Å². The zero-order chi connectivity index (χ0) is 20.2. The van der Waals surface area contributed by atoms with Gasteiger partial charge in [-0.25, -0.2) is 4.99 Å². The van der Waals surface area contributed by atoms with E-state index >= 15 is 0 Å². The third-order valence-electron chi connectivity index (χ3n) is 4.44. The van der Waals surface area contributed by atoms with Crippen molar-refractivity contribution in [2.75, 3.05) is 52.5 Å². The maximum Gasteiger partial charge on any atom is 0.191 e. The monoisotopic (exact) mass is 392 g/mol. The molecule has 3 N–H and O–H groups in total. The highest BCUT2D eigenvalue weighted by molar-refractivity contribution is 5.79. The molecule has 1 aliphatic heterocycles. The second kappa shape index (κ2) is 11.9. The second-order valence-corrected chi connectivity index (χ2v) is 7.43. The third kappa shape index (κ3) is 8.46. The highest BCUT2D eigenvalue weighted by atomic mass is 16.5. The van der Waals surface area contributed by atoms with E-state index < -0.39 is 5.60 Å². The van der Waals surface area contributed by atoms with Crippen LogP contribution in [-0.2, 0) is 11.3 Å². The number of hydrogen-bond donors (Lipinski definition) is 3. The summed E-state index contributed by atoms with van der Waals surface area (Å²) in [6.45, 7) is 12.2. The Morgan fingerprint density at radius 3 is 2.79 bits per heavy atom. The molecule has 1 saturated heterocycles. The van der Waals surface area contributed by atoms with Gasteiger partial charge in [-0.15, -0.1) is 0 Å². The molecule has 7 heteroatoms. The summed E-state index contributed by atoms with van der Waals surface area (Å²) in [7, 11) is 0. The largest absolute Gasteiger partial charge is 0.494 e. The fourth-order valence-corrected chi connectivity index (χ4v) is 3.04. The Kier molecular flexibility index (Phi) is 9.54. The van der Waals surface area contributed by atoms with Crippen molar-refractivity contribution in [1.82, 2.24) is 15.5 Å². The highest BCUT2D eigenvalue weighted by Gasteiger charge is 2.25. The van der Waals surface area contributed by atoms with Crippen molar-refractivity contribution < 1.29 is 14.6 Å². The van der Waals surface area contributed by atoms with E-state index in [2.05, 4.69) is 27.4 Å². The molecular formula is C21H36N4O3. The van der Waals surface area contributed by atoms with Gasteiger partial charge in [0.05, 0.1) is 32.0 Å². The Hall–Kier alpha value is -1.83. The van der Waals surface area contributed by atoms with Gasteiger partial charge in [0.15, 0.2) is 5.96 Å². The molecule has 0 amide bonds. The number of nitrogens with zero attached hydrogens (tertiary/aromatic N) is 2. The van der Waals surface area contributed by atoms with Crippen molar-refractivity contribution in [2.45, 2.75) is 39.3 Å². The molecule has 1 heterocycles. The van der Waals surface area contributed by atoms with Crippen molar-refractivity contribution in [3.63, 3.8) is 0 Å². The molecule has 2 rings (SSSR count). The molecule has 1 aliphatic rings. The Morgan fingerprint density at radius 2 is 2.07 bits per heavy atom. The number of aliphatic hydroxyl groups is 1. The van der Waals surface area contributed by atoms with Crippen LogP contribution < -0.4 is 15.4 Å². The predicted molar refractivity (Wildman–Crippen MR) is 113 cm³/mol. The Labute approximate surface area is 169 Å². The van der Waals surface area contributed by atoms with E-state index in [4.69, 9.17) is 9.47 Å². The summed E-state index contributed by atoms with van der Waals surface area (Å²) >= 11 is 0. The lowest BCUT2D eigenvalue weighted by Crippen LogP contribution is -2.52. The Morgan fingerprint density at radius 1 is 1.29 bits per heavy atom. The Balaban J connectivity index is 1.88. The molecule has 28 heavy (non-hydrogen) atoms. The maximum absolute atomic E-state index is 10.7. The maximum atomic E-state index is 10.7. The van der Waals surface area contributed by atoms with Gasteiger partial charge in [0, 0.05) is 32.7 Å². The Bertz CT molecular complexity index is 601. The third-order valence-corrected chi connectivity index (χ3v) is 4.44. The van der Waals surface area contributed by atoms with Crippen LogP contribution >= 0.6 is 0 Å². The van der Waals surface area contributed by atoms with Crippen LogP contribution in [0.15, 0.2) is 29.3 Å². The summed E-state index contributed by atoms with van der Waals surface area (Å²) in [6, 6.07) is 8.02. The van der Waals surface area contributed by atoms with Gasteiger partial charge in [-0.2, -0.15) is 0 Å². The number of rotatable bonds is 10. The number of guanidine groups is 1. The summed E-state index contributed by atoms with van der Waals surface area (Å²) < 4.78 is 11.1. The van der Waals surface area contributed by atoms with Crippen molar-refractivity contribution in [3.8, 4) is 5.75 Å². The molecule has 7 nitrogen and oxygen atoms in total. The molecule has 1 aromatic carbocycles. The van der Waals surface area contributed by atoms with Crippen molar-refractivity contribution in [1.29, 1.82) is 0 Å². The number of morpholine rings is 1. The molecule has 0 radical (unpaired) electrons. The number of benzene rings is 1. The van der Waals surface area contributed by atoms with E-state index in [1.54, 1.807) is 0 Å². The number of aliphatic imine (C=N–C) groups is 1. The van der Waals surface area contributed by atoms with Crippen LogP contribution in [0.2, 0.25) is 0 Å². The number of β-amino-alcohol motifs (C(OH)–C–C–N with tert-alkyl or cyclic N) is 1. The average Bonchev–Trinajstić information content (AvgIpc) is 2.69. The first-order valence-electron chi connectivity index (χ1n) is 10.3.